The van der Waals surface area contributed by atoms with Crippen molar-refractivity contribution in [1.29, 1.82) is 0 Å². The van der Waals surface area contributed by atoms with Gasteiger partial charge < -0.3 is 15.0 Å². The molecule has 0 unspecified atom stereocenters. The van der Waals surface area contributed by atoms with Crippen molar-refractivity contribution in [2.24, 2.45) is 0 Å². The topological polar surface area (TPSA) is 24.5 Å². The van der Waals surface area contributed by atoms with E-state index in [1.54, 1.807) is 11.0 Å². The van der Waals surface area contributed by atoms with Gasteiger partial charge in [-0.05, 0) is 6.08 Å². The van der Waals surface area contributed by atoms with Gasteiger partial charge >= 0.3 is 0 Å². The molecule has 3 nitrogen and oxygen atoms in total. The van der Waals surface area contributed by atoms with Crippen LogP contribution in [0.3, 0.4) is 0 Å². The lowest BCUT2D eigenvalue weighted by atomic mass is 10.3. The van der Waals surface area contributed by atoms with Gasteiger partial charge in [-0.15, -0.1) is 0 Å². The molecule has 0 aromatic carbocycles. The number of methoxy groups -OCH3 is 1. The first-order chi connectivity index (χ1) is 5.63. The zero-order valence-electron chi connectivity index (χ0n) is 7.39. The summed E-state index contributed by atoms with van der Waals surface area (Å²) in [6.07, 6.45) is 3.55. The van der Waals surface area contributed by atoms with Crippen molar-refractivity contribution in [3.63, 3.8) is 0 Å². The fraction of sp³-hybridized carbons (Fsp3) is 0.375. The molecule has 0 aromatic heterocycles. The largest absolute Gasteiger partial charge is 0.378 e. The minimum absolute atomic E-state index is 0.405. The van der Waals surface area contributed by atoms with Crippen LogP contribution in [-0.4, -0.2) is 26.1 Å². The van der Waals surface area contributed by atoms with Crippen molar-refractivity contribution in [3.8, 4) is 0 Å². The summed E-state index contributed by atoms with van der Waals surface area (Å²) in [7, 11) is 5.17. The number of dihydropyridines is 1. The number of rotatable bonds is 2. The number of hydrogen-bond acceptors (Lipinski definition) is 3. The van der Waals surface area contributed by atoms with Crippen molar-refractivity contribution < 1.29 is 9.13 Å². The Bertz CT molecular complexity index is 223. The van der Waals surface area contributed by atoms with Crippen LogP contribution < -0.4 is 5.32 Å². The maximum Gasteiger partial charge on any atom is 0.214 e. The van der Waals surface area contributed by atoms with Crippen LogP contribution in [0.2, 0.25) is 0 Å². The van der Waals surface area contributed by atoms with Crippen LogP contribution in [0, 0.1) is 6.23 Å². The summed E-state index contributed by atoms with van der Waals surface area (Å²) in [6, 6.07) is 0. The normalized spacial score (nSPS) is 18.0. The predicted molar refractivity (Wildman–Crippen MR) is 44.3 cm³/mol. The van der Waals surface area contributed by atoms with E-state index in [1.165, 1.54) is 13.2 Å². The van der Waals surface area contributed by atoms with Gasteiger partial charge in [0, 0.05) is 33.0 Å². The van der Waals surface area contributed by atoms with Gasteiger partial charge in [0.15, 0.2) is 5.95 Å². The van der Waals surface area contributed by atoms with Gasteiger partial charge in [0.25, 0.3) is 0 Å². The lowest BCUT2D eigenvalue weighted by Gasteiger charge is -2.21. The molecule has 0 aromatic rings. The third-order valence-corrected chi connectivity index (χ3v) is 1.53. The first-order valence-electron chi connectivity index (χ1n) is 3.57. The Labute approximate surface area is 71.5 Å². The summed E-state index contributed by atoms with van der Waals surface area (Å²) in [5.41, 5.74) is 0.767. The Balaban J connectivity index is 2.77. The SMILES string of the molecule is CO[C]1C=C(N(C)C)C=C(F)N1. The Morgan fingerprint density at radius 2 is 2.08 bits per heavy atom. The average Bonchev–Trinajstić information content (AvgIpc) is 2.03. The molecule has 0 saturated heterocycles. The summed E-state index contributed by atoms with van der Waals surface area (Å²) in [5.74, 6) is -0.405. The van der Waals surface area contributed by atoms with Crippen molar-refractivity contribution in [2.45, 2.75) is 0 Å². The molecule has 1 aliphatic heterocycles. The van der Waals surface area contributed by atoms with E-state index in [2.05, 4.69) is 5.32 Å². The van der Waals surface area contributed by atoms with Gasteiger partial charge in [-0.25, -0.2) is 0 Å². The monoisotopic (exact) mass is 171 g/mol. The summed E-state index contributed by atoms with van der Waals surface area (Å²) in [6.45, 7) is 0. The molecule has 12 heavy (non-hydrogen) atoms. The molecule has 4 heteroatoms. The summed E-state index contributed by atoms with van der Waals surface area (Å²) in [4.78, 5) is 1.80. The van der Waals surface area contributed by atoms with E-state index in [1.807, 2.05) is 14.1 Å². The Kier molecular flexibility index (Phi) is 2.70. The fourth-order valence-electron chi connectivity index (χ4n) is 0.864. The molecule has 0 saturated carbocycles. The maximum absolute atomic E-state index is 12.8. The van der Waals surface area contributed by atoms with Crippen molar-refractivity contribution >= 4 is 0 Å². The second-order valence-electron chi connectivity index (χ2n) is 2.65. The highest BCUT2D eigenvalue weighted by molar-refractivity contribution is 5.29. The smallest absolute Gasteiger partial charge is 0.214 e. The fourth-order valence-corrected chi connectivity index (χ4v) is 0.864. The molecular formula is C8H12FN2O. The van der Waals surface area contributed by atoms with Gasteiger partial charge in [-0.3, -0.25) is 0 Å². The molecule has 67 valence electrons. The van der Waals surface area contributed by atoms with Crippen LogP contribution >= 0.6 is 0 Å². The van der Waals surface area contributed by atoms with Crippen LogP contribution in [0.4, 0.5) is 4.39 Å². The number of hydrogen-bond donors (Lipinski definition) is 1. The number of nitrogens with zero attached hydrogens (tertiary/aromatic N) is 1. The predicted octanol–water partition coefficient (Wildman–Crippen LogP) is 0.982. The molecule has 1 N–H and O–H groups in total. The quantitative estimate of drug-likeness (QED) is 0.627. The number of ether oxygens (including phenoxy) is 1. The van der Waals surface area contributed by atoms with Crippen LogP contribution in [0.15, 0.2) is 23.8 Å². The average molecular weight is 171 g/mol. The molecule has 1 heterocycles. The second-order valence-corrected chi connectivity index (χ2v) is 2.65. The first kappa shape index (κ1) is 9.06. The number of allylic oxidation sites excluding steroid dienone is 1. The maximum atomic E-state index is 12.8. The number of nitrogens with one attached hydrogen (secondary N) is 1. The van der Waals surface area contributed by atoms with Gasteiger partial charge in [0.2, 0.25) is 6.23 Å². The van der Waals surface area contributed by atoms with Gasteiger partial charge in [0.05, 0.1) is 0 Å². The van der Waals surface area contributed by atoms with Gasteiger partial charge in [-0.2, -0.15) is 4.39 Å². The van der Waals surface area contributed by atoms with E-state index in [0.29, 0.717) is 6.23 Å². The van der Waals surface area contributed by atoms with E-state index >= 15 is 0 Å². The highest BCUT2D eigenvalue weighted by Crippen LogP contribution is 2.16. The zero-order chi connectivity index (χ0) is 9.14. The highest BCUT2D eigenvalue weighted by atomic mass is 19.1. The third kappa shape index (κ3) is 1.98. The third-order valence-electron chi connectivity index (χ3n) is 1.53. The van der Waals surface area contributed by atoms with E-state index < -0.39 is 5.95 Å². The highest BCUT2D eigenvalue weighted by Gasteiger charge is 2.15. The van der Waals surface area contributed by atoms with Gasteiger partial charge in [0.1, 0.15) is 0 Å². The molecule has 1 aliphatic rings. The Hall–Kier alpha value is -1.03. The second kappa shape index (κ2) is 3.58. The molecule has 1 rings (SSSR count). The molecule has 1 radical (unpaired) electrons. The molecule has 0 amide bonds. The van der Waals surface area contributed by atoms with E-state index in [9.17, 15) is 4.39 Å². The molecular weight excluding hydrogens is 159 g/mol. The molecule has 0 aliphatic carbocycles. The Morgan fingerprint density at radius 1 is 1.42 bits per heavy atom. The van der Waals surface area contributed by atoms with E-state index in [-0.39, 0.29) is 0 Å². The summed E-state index contributed by atoms with van der Waals surface area (Å²) < 4.78 is 17.7. The first-order valence-corrected chi connectivity index (χ1v) is 3.57. The van der Waals surface area contributed by atoms with Gasteiger partial charge in [-0.1, -0.05) is 0 Å². The standard InChI is InChI=1S/C8H12FN2O/c1-11(2)6-4-7(9)10-8(5-6)12-3/h4-5,10H,1-3H3. The van der Waals surface area contributed by atoms with Crippen LogP contribution in [0.5, 0.6) is 0 Å². The van der Waals surface area contributed by atoms with Crippen molar-refractivity contribution in [1.82, 2.24) is 10.2 Å². The molecule has 0 bridgehead atoms. The lowest BCUT2D eigenvalue weighted by Crippen LogP contribution is -2.25. The molecule has 0 fully saturated rings. The molecule has 0 spiro atoms. The van der Waals surface area contributed by atoms with Crippen LogP contribution in [0.1, 0.15) is 0 Å². The molecule has 0 atom stereocenters. The van der Waals surface area contributed by atoms with Crippen LogP contribution in [0.25, 0.3) is 0 Å². The summed E-state index contributed by atoms with van der Waals surface area (Å²) in [5, 5.41) is 2.44. The minimum Gasteiger partial charge on any atom is -0.378 e. The van der Waals surface area contributed by atoms with Crippen molar-refractivity contribution in [2.75, 3.05) is 21.2 Å². The lowest BCUT2D eigenvalue weighted by molar-refractivity contribution is 0.200. The Morgan fingerprint density at radius 3 is 2.58 bits per heavy atom. The number of halogens is 1. The van der Waals surface area contributed by atoms with Crippen LogP contribution in [-0.2, 0) is 4.74 Å². The van der Waals surface area contributed by atoms with Crippen molar-refractivity contribution in [3.05, 3.63) is 30.0 Å². The van der Waals surface area contributed by atoms with E-state index in [4.69, 9.17) is 4.74 Å². The summed E-state index contributed by atoms with van der Waals surface area (Å²) >= 11 is 0. The zero-order valence-corrected chi connectivity index (χ0v) is 7.39. The van der Waals surface area contributed by atoms with E-state index in [0.717, 1.165) is 5.70 Å². The number of likely N-dealkylation sites (N-methyl/N-ethyl adjacent to an activating group) is 1. The minimum atomic E-state index is -0.405.